The number of hydrogen-bond acceptors (Lipinski definition) is 5. The highest BCUT2D eigenvalue weighted by Crippen LogP contribution is 2.27. The lowest BCUT2D eigenvalue weighted by Crippen LogP contribution is -2.50. The molecule has 3 rings (SSSR count). The van der Waals surface area contributed by atoms with Crippen LogP contribution in [0.5, 0.6) is 0 Å². The third kappa shape index (κ3) is 7.84. The molecule has 1 N–H and O–H groups in total. The minimum atomic E-state index is -5.45. The summed E-state index contributed by atoms with van der Waals surface area (Å²) in [6.45, 7) is 4.64. The van der Waals surface area contributed by atoms with Crippen LogP contribution in [0.3, 0.4) is 0 Å². The zero-order valence-electron chi connectivity index (χ0n) is 21.4. The zero-order valence-corrected chi connectivity index (χ0v) is 22.2. The van der Waals surface area contributed by atoms with Crippen LogP contribution in [0.4, 0.5) is 22.0 Å². The number of halogens is 5. The van der Waals surface area contributed by atoms with Crippen molar-refractivity contribution in [3.63, 3.8) is 0 Å². The van der Waals surface area contributed by atoms with E-state index in [4.69, 9.17) is 4.74 Å². The van der Waals surface area contributed by atoms with Crippen LogP contribution in [0.1, 0.15) is 31.9 Å². The van der Waals surface area contributed by atoms with Crippen LogP contribution in [0.2, 0.25) is 0 Å². The molecule has 0 aliphatic carbocycles. The molecule has 3 aromatic rings. The van der Waals surface area contributed by atoms with Crippen LogP contribution in [0.25, 0.3) is 0 Å². The van der Waals surface area contributed by atoms with Crippen molar-refractivity contribution in [2.45, 2.75) is 50.4 Å². The van der Waals surface area contributed by atoms with Crippen LogP contribution in [-0.4, -0.2) is 37.5 Å². The minimum Gasteiger partial charge on any atom is -0.459 e. The Morgan fingerprint density at radius 2 is 1.21 bits per heavy atom. The highest BCUT2D eigenvalue weighted by atomic mass is 32.2. The summed E-state index contributed by atoms with van der Waals surface area (Å²) < 4.78 is 103. The van der Waals surface area contributed by atoms with Crippen LogP contribution in [0, 0.1) is 29.1 Å². The van der Waals surface area contributed by atoms with E-state index in [0.717, 1.165) is 11.1 Å². The summed E-state index contributed by atoms with van der Waals surface area (Å²) >= 11 is 0. The fourth-order valence-electron chi connectivity index (χ4n) is 3.73. The molecular formula is C27H27F5N2O4S. The Labute approximate surface area is 223 Å². The number of nitrogens with one attached hydrogen (secondary N) is 1. The Bertz CT molecular complexity index is 1350. The number of benzene rings is 3. The lowest BCUT2D eigenvalue weighted by Gasteiger charge is -2.29. The van der Waals surface area contributed by atoms with E-state index in [9.17, 15) is 35.2 Å². The molecule has 0 aliphatic rings. The summed E-state index contributed by atoms with van der Waals surface area (Å²) in [4.78, 5) is 12.7. The molecule has 0 fully saturated rings. The van der Waals surface area contributed by atoms with E-state index in [1.54, 1.807) is 65.6 Å². The van der Waals surface area contributed by atoms with Crippen LogP contribution in [0.15, 0.2) is 65.6 Å². The Morgan fingerprint density at radius 3 is 1.62 bits per heavy atom. The summed E-state index contributed by atoms with van der Waals surface area (Å²) in [5, 5.41) is 0. The van der Waals surface area contributed by atoms with Crippen LogP contribution >= 0.6 is 0 Å². The maximum atomic E-state index is 14.4. The first kappa shape index (κ1) is 30.2. The molecule has 0 aromatic heterocycles. The minimum absolute atomic E-state index is 0.222. The van der Waals surface area contributed by atoms with Gasteiger partial charge in [0.25, 0.3) is 0 Å². The number of carbonyl (C=O) groups is 1. The molecule has 3 aromatic carbocycles. The molecule has 0 amide bonds. The van der Waals surface area contributed by atoms with Crippen molar-refractivity contribution in [2.24, 2.45) is 0 Å². The molecule has 0 aliphatic heterocycles. The van der Waals surface area contributed by atoms with Crippen molar-refractivity contribution in [3.8, 4) is 0 Å². The molecule has 0 saturated carbocycles. The largest absolute Gasteiger partial charge is 0.459 e. The third-order valence-corrected chi connectivity index (χ3v) is 6.86. The van der Waals surface area contributed by atoms with Gasteiger partial charge in [0.15, 0.2) is 28.2 Å². The smallest absolute Gasteiger partial charge is 0.326 e. The molecule has 6 nitrogen and oxygen atoms in total. The van der Waals surface area contributed by atoms with Gasteiger partial charge < -0.3 is 4.74 Å². The molecule has 0 spiro atoms. The van der Waals surface area contributed by atoms with Crippen molar-refractivity contribution in [2.75, 3.05) is 6.54 Å². The van der Waals surface area contributed by atoms with E-state index < -0.39 is 61.6 Å². The van der Waals surface area contributed by atoms with Crippen molar-refractivity contribution in [3.05, 3.63) is 101 Å². The monoisotopic (exact) mass is 570 g/mol. The fourth-order valence-corrected chi connectivity index (χ4v) is 5.04. The Balaban J connectivity index is 2.02. The maximum absolute atomic E-state index is 14.4. The normalized spacial score (nSPS) is 12.9. The van der Waals surface area contributed by atoms with Gasteiger partial charge in [-0.2, -0.15) is 4.72 Å². The lowest BCUT2D eigenvalue weighted by atomic mass is 10.1. The summed E-state index contributed by atoms with van der Waals surface area (Å²) in [6, 6.07) is 16.2. The number of sulfonamides is 1. The standard InChI is InChI=1S/C27H27F5N2O4S/c1-27(2,3)38-26(35)19(33-39(36,37)25-23(31)21(29)20(28)22(30)24(25)32)16-34(14-17-10-6-4-7-11-17)15-18-12-8-5-9-13-18/h4-13,19,33H,14-16H2,1-3H3/t19-/m0/s1. The number of hydrogen-bond donors (Lipinski definition) is 1. The van der Waals surface area contributed by atoms with Crippen molar-refractivity contribution in [1.29, 1.82) is 0 Å². The van der Waals surface area contributed by atoms with E-state index in [1.165, 1.54) is 20.8 Å². The van der Waals surface area contributed by atoms with E-state index >= 15 is 0 Å². The second-order valence-corrected chi connectivity index (χ2v) is 11.4. The van der Waals surface area contributed by atoms with Gasteiger partial charge in [0, 0.05) is 19.6 Å². The maximum Gasteiger partial charge on any atom is 0.326 e. The molecule has 0 bridgehead atoms. The van der Waals surface area contributed by atoms with Gasteiger partial charge in [-0.25, -0.2) is 30.4 Å². The highest BCUT2D eigenvalue weighted by Gasteiger charge is 2.38. The van der Waals surface area contributed by atoms with E-state index in [1.807, 2.05) is 4.72 Å². The number of nitrogens with zero attached hydrogens (tertiary/aromatic N) is 1. The van der Waals surface area contributed by atoms with E-state index in [0.29, 0.717) is 0 Å². The zero-order chi connectivity index (χ0) is 29.0. The van der Waals surface area contributed by atoms with E-state index in [-0.39, 0.29) is 19.6 Å². The topological polar surface area (TPSA) is 75.7 Å². The van der Waals surface area contributed by atoms with Crippen molar-refractivity contribution in [1.82, 2.24) is 9.62 Å². The molecular weight excluding hydrogens is 543 g/mol. The van der Waals surface area contributed by atoms with Gasteiger partial charge in [-0.05, 0) is 31.9 Å². The quantitative estimate of drug-likeness (QED) is 0.159. The fraction of sp³-hybridized carbons (Fsp3) is 0.296. The molecule has 0 saturated heterocycles. The Hall–Kier alpha value is -3.35. The van der Waals surface area contributed by atoms with Gasteiger partial charge in [-0.3, -0.25) is 9.69 Å². The average molecular weight is 571 g/mol. The first-order chi connectivity index (χ1) is 18.2. The molecule has 0 unspecified atom stereocenters. The number of rotatable bonds is 10. The van der Waals surface area contributed by atoms with Gasteiger partial charge in [0.05, 0.1) is 0 Å². The molecule has 0 radical (unpaired) electrons. The van der Waals surface area contributed by atoms with Crippen molar-refractivity contribution < 1.29 is 39.9 Å². The first-order valence-electron chi connectivity index (χ1n) is 11.8. The third-order valence-electron chi connectivity index (χ3n) is 5.37. The van der Waals surface area contributed by atoms with E-state index in [2.05, 4.69) is 0 Å². The predicted octanol–water partition coefficient (Wildman–Crippen LogP) is 5.07. The molecule has 1 atom stereocenters. The summed E-state index contributed by atoms with van der Waals surface area (Å²) in [7, 11) is -5.45. The van der Waals surface area contributed by atoms with Crippen LogP contribution < -0.4 is 4.72 Å². The number of ether oxygens (including phenoxy) is 1. The first-order valence-corrected chi connectivity index (χ1v) is 13.2. The number of carbonyl (C=O) groups excluding carboxylic acids is 1. The number of esters is 1. The van der Waals surface area contributed by atoms with Crippen LogP contribution in [-0.2, 0) is 32.6 Å². The van der Waals surface area contributed by atoms with Gasteiger partial charge >= 0.3 is 5.97 Å². The summed E-state index contributed by atoms with van der Waals surface area (Å²) in [5.41, 5.74) is 0.521. The van der Waals surface area contributed by atoms with Gasteiger partial charge in [0.2, 0.25) is 15.8 Å². The highest BCUT2D eigenvalue weighted by molar-refractivity contribution is 7.89. The lowest BCUT2D eigenvalue weighted by molar-refractivity contribution is -0.157. The molecule has 39 heavy (non-hydrogen) atoms. The summed E-state index contributed by atoms with van der Waals surface area (Å²) in [5.74, 6) is -13.6. The molecule has 210 valence electrons. The summed E-state index contributed by atoms with van der Waals surface area (Å²) in [6.07, 6.45) is 0. The Kier molecular flexibility index (Phi) is 9.47. The van der Waals surface area contributed by atoms with Gasteiger partial charge in [-0.15, -0.1) is 0 Å². The molecule has 0 heterocycles. The molecule has 12 heteroatoms. The Morgan fingerprint density at radius 1 is 0.795 bits per heavy atom. The van der Waals surface area contributed by atoms with Crippen molar-refractivity contribution >= 4 is 16.0 Å². The van der Waals surface area contributed by atoms with Gasteiger partial charge in [0.1, 0.15) is 11.6 Å². The second kappa shape index (κ2) is 12.2. The average Bonchev–Trinajstić information content (AvgIpc) is 2.86. The predicted molar refractivity (Wildman–Crippen MR) is 133 cm³/mol. The SMILES string of the molecule is CC(C)(C)OC(=O)[C@H](CN(Cc1ccccc1)Cc1ccccc1)NS(=O)(=O)c1c(F)c(F)c(F)c(F)c1F. The second-order valence-electron chi connectivity index (χ2n) is 9.75. The van der Waals surface area contributed by atoms with Gasteiger partial charge in [-0.1, -0.05) is 60.7 Å².